The third-order valence-corrected chi connectivity index (χ3v) is 3.52. The number of pyridine rings is 1. The zero-order valence-corrected chi connectivity index (χ0v) is 10.2. The molecule has 0 aromatic carbocycles. The van der Waals surface area contributed by atoms with Crippen molar-refractivity contribution in [2.75, 3.05) is 20.1 Å². The highest BCUT2D eigenvalue weighted by atomic mass is 15.2. The molecule has 16 heavy (non-hydrogen) atoms. The van der Waals surface area contributed by atoms with Gasteiger partial charge in [0.2, 0.25) is 0 Å². The molecule has 2 atom stereocenters. The summed E-state index contributed by atoms with van der Waals surface area (Å²) in [7, 11) is 2.06. The van der Waals surface area contributed by atoms with Crippen LogP contribution >= 0.6 is 0 Å². The van der Waals surface area contributed by atoms with E-state index in [0.29, 0.717) is 12.1 Å². The van der Waals surface area contributed by atoms with Gasteiger partial charge in [0.1, 0.15) is 0 Å². The lowest BCUT2D eigenvalue weighted by atomic mass is 10.0. The van der Waals surface area contributed by atoms with Crippen LogP contribution in [0.2, 0.25) is 0 Å². The van der Waals surface area contributed by atoms with E-state index in [2.05, 4.69) is 41.3 Å². The second-order valence-electron chi connectivity index (χ2n) is 4.55. The standard InChI is InChI=1S/C13H21N3/c1-11(13-7-3-4-8-15-13)16-9-5-6-12(10-16)14-2/h3-4,7-8,11-12,14H,5-6,9-10H2,1-2H3/t11-,12+/m1/s1. The lowest BCUT2D eigenvalue weighted by molar-refractivity contribution is 0.147. The Kier molecular flexibility index (Phi) is 3.91. The van der Waals surface area contributed by atoms with Gasteiger partial charge in [-0.25, -0.2) is 0 Å². The Morgan fingerprint density at radius 3 is 3.06 bits per heavy atom. The zero-order valence-electron chi connectivity index (χ0n) is 10.2. The number of likely N-dealkylation sites (tertiary alicyclic amines) is 1. The summed E-state index contributed by atoms with van der Waals surface area (Å²) in [5, 5.41) is 3.38. The predicted octanol–water partition coefficient (Wildman–Crippen LogP) is 1.83. The van der Waals surface area contributed by atoms with Crippen molar-refractivity contribution in [1.29, 1.82) is 0 Å². The molecule has 2 rings (SSSR count). The van der Waals surface area contributed by atoms with Crippen LogP contribution < -0.4 is 5.32 Å². The minimum absolute atomic E-state index is 0.428. The first kappa shape index (κ1) is 11.6. The second kappa shape index (κ2) is 5.41. The van der Waals surface area contributed by atoms with Crippen LogP contribution in [-0.2, 0) is 0 Å². The molecular weight excluding hydrogens is 198 g/mol. The number of likely N-dealkylation sites (N-methyl/N-ethyl adjacent to an activating group) is 1. The summed E-state index contributed by atoms with van der Waals surface area (Å²) in [6.45, 7) is 4.57. The Bertz CT molecular complexity index is 312. The normalized spacial score (nSPS) is 24.2. The fraction of sp³-hybridized carbons (Fsp3) is 0.615. The Labute approximate surface area is 97.9 Å². The summed E-state index contributed by atoms with van der Waals surface area (Å²) >= 11 is 0. The van der Waals surface area contributed by atoms with Crippen molar-refractivity contribution in [3.63, 3.8) is 0 Å². The average Bonchev–Trinajstić information content (AvgIpc) is 2.39. The highest BCUT2D eigenvalue weighted by molar-refractivity contribution is 5.08. The van der Waals surface area contributed by atoms with E-state index in [1.807, 2.05) is 12.3 Å². The average molecular weight is 219 g/mol. The number of hydrogen-bond acceptors (Lipinski definition) is 3. The maximum Gasteiger partial charge on any atom is 0.0572 e. The molecule has 1 N–H and O–H groups in total. The van der Waals surface area contributed by atoms with Crippen LogP contribution in [0.25, 0.3) is 0 Å². The molecule has 3 nitrogen and oxygen atoms in total. The number of piperidine rings is 1. The topological polar surface area (TPSA) is 28.2 Å². The maximum atomic E-state index is 4.44. The molecule has 1 aromatic heterocycles. The van der Waals surface area contributed by atoms with Crippen LogP contribution in [0.15, 0.2) is 24.4 Å². The molecule has 0 amide bonds. The van der Waals surface area contributed by atoms with Gasteiger partial charge in [0.05, 0.1) is 5.69 Å². The van der Waals surface area contributed by atoms with Gasteiger partial charge in [-0.3, -0.25) is 9.88 Å². The van der Waals surface area contributed by atoms with Crippen molar-refractivity contribution >= 4 is 0 Å². The molecule has 88 valence electrons. The molecule has 0 spiro atoms. The summed E-state index contributed by atoms with van der Waals surface area (Å²) < 4.78 is 0. The first-order chi connectivity index (χ1) is 7.81. The zero-order chi connectivity index (χ0) is 11.4. The quantitative estimate of drug-likeness (QED) is 0.840. The van der Waals surface area contributed by atoms with Crippen LogP contribution in [0.3, 0.4) is 0 Å². The van der Waals surface area contributed by atoms with Gasteiger partial charge >= 0.3 is 0 Å². The van der Waals surface area contributed by atoms with Gasteiger partial charge in [0.15, 0.2) is 0 Å². The van der Waals surface area contributed by atoms with Gasteiger partial charge in [0.25, 0.3) is 0 Å². The molecule has 0 bridgehead atoms. The molecule has 1 aliphatic rings. The minimum Gasteiger partial charge on any atom is -0.316 e. The highest BCUT2D eigenvalue weighted by Gasteiger charge is 2.23. The van der Waals surface area contributed by atoms with Crippen LogP contribution in [-0.4, -0.2) is 36.1 Å². The van der Waals surface area contributed by atoms with Crippen molar-refractivity contribution in [1.82, 2.24) is 15.2 Å². The van der Waals surface area contributed by atoms with E-state index in [-0.39, 0.29) is 0 Å². The summed E-state index contributed by atoms with van der Waals surface area (Å²) in [5.74, 6) is 0. The summed E-state index contributed by atoms with van der Waals surface area (Å²) in [4.78, 5) is 6.96. The highest BCUT2D eigenvalue weighted by Crippen LogP contribution is 2.22. The molecule has 3 heteroatoms. The van der Waals surface area contributed by atoms with Crippen LogP contribution in [0, 0.1) is 0 Å². The molecule has 0 saturated carbocycles. The monoisotopic (exact) mass is 219 g/mol. The maximum absolute atomic E-state index is 4.44. The lowest BCUT2D eigenvalue weighted by Gasteiger charge is -2.36. The summed E-state index contributed by atoms with van der Waals surface area (Å²) in [6.07, 6.45) is 4.45. The largest absolute Gasteiger partial charge is 0.316 e. The molecule has 2 heterocycles. The number of nitrogens with one attached hydrogen (secondary N) is 1. The molecule has 1 aromatic rings. The minimum atomic E-state index is 0.428. The first-order valence-corrected chi connectivity index (χ1v) is 6.13. The van der Waals surface area contributed by atoms with Gasteiger partial charge < -0.3 is 5.32 Å². The Morgan fingerprint density at radius 2 is 2.38 bits per heavy atom. The van der Waals surface area contributed by atoms with Crippen LogP contribution in [0.1, 0.15) is 31.5 Å². The van der Waals surface area contributed by atoms with Crippen molar-refractivity contribution in [3.8, 4) is 0 Å². The molecule has 1 fully saturated rings. The fourth-order valence-corrected chi connectivity index (χ4v) is 2.40. The van der Waals surface area contributed by atoms with Crippen molar-refractivity contribution in [2.45, 2.75) is 31.8 Å². The van der Waals surface area contributed by atoms with Crippen molar-refractivity contribution in [3.05, 3.63) is 30.1 Å². The number of aromatic nitrogens is 1. The third-order valence-electron chi connectivity index (χ3n) is 3.52. The lowest BCUT2D eigenvalue weighted by Crippen LogP contribution is -2.45. The smallest absolute Gasteiger partial charge is 0.0572 e. The molecular formula is C13H21N3. The Hall–Kier alpha value is -0.930. The summed E-state index contributed by atoms with van der Waals surface area (Å²) in [6, 6.07) is 7.23. The van der Waals surface area contributed by atoms with E-state index in [0.717, 1.165) is 6.54 Å². The molecule has 0 unspecified atom stereocenters. The van der Waals surface area contributed by atoms with Gasteiger partial charge in [-0.15, -0.1) is 0 Å². The molecule has 0 radical (unpaired) electrons. The molecule has 1 saturated heterocycles. The number of nitrogens with zero attached hydrogens (tertiary/aromatic N) is 2. The second-order valence-corrected chi connectivity index (χ2v) is 4.55. The van der Waals surface area contributed by atoms with Crippen LogP contribution in [0.4, 0.5) is 0 Å². The van der Waals surface area contributed by atoms with Gasteiger partial charge in [0, 0.05) is 24.8 Å². The Balaban J connectivity index is 2.01. The van der Waals surface area contributed by atoms with Crippen molar-refractivity contribution < 1.29 is 0 Å². The SMILES string of the molecule is CN[C@H]1CCCN([C@H](C)c2ccccn2)C1. The van der Waals surface area contributed by atoms with Gasteiger partial charge in [-0.1, -0.05) is 6.07 Å². The van der Waals surface area contributed by atoms with E-state index >= 15 is 0 Å². The van der Waals surface area contributed by atoms with Crippen molar-refractivity contribution in [2.24, 2.45) is 0 Å². The number of rotatable bonds is 3. The third kappa shape index (κ3) is 2.60. The first-order valence-electron chi connectivity index (χ1n) is 6.13. The molecule has 1 aliphatic heterocycles. The number of hydrogen-bond donors (Lipinski definition) is 1. The van der Waals surface area contributed by atoms with Crippen LogP contribution in [0.5, 0.6) is 0 Å². The molecule has 0 aliphatic carbocycles. The van der Waals surface area contributed by atoms with E-state index in [9.17, 15) is 0 Å². The fourth-order valence-electron chi connectivity index (χ4n) is 2.40. The van der Waals surface area contributed by atoms with Gasteiger partial charge in [-0.2, -0.15) is 0 Å². The van der Waals surface area contributed by atoms with E-state index in [1.165, 1.54) is 25.1 Å². The summed E-state index contributed by atoms with van der Waals surface area (Å²) in [5.41, 5.74) is 1.18. The predicted molar refractivity (Wildman–Crippen MR) is 66.3 cm³/mol. The Morgan fingerprint density at radius 1 is 1.50 bits per heavy atom. The van der Waals surface area contributed by atoms with E-state index < -0.39 is 0 Å². The van der Waals surface area contributed by atoms with E-state index in [1.54, 1.807) is 0 Å². The van der Waals surface area contributed by atoms with Gasteiger partial charge in [-0.05, 0) is 45.5 Å². The van der Waals surface area contributed by atoms with E-state index in [4.69, 9.17) is 0 Å².